The van der Waals surface area contributed by atoms with Crippen molar-refractivity contribution in [2.24, 2.45) is 0 Å². The monoisotopic (exact) mass is 363 g/mol. The minimum absolute atomic E-state index is 0.267. The molecule has 126 valence electrons. The zero-order chi connectivity index (χ0) is 17.2. The Bertz CT molecular complexity index is 841. The van der Waals surface area contributed by atoms with Crippen LogP contribution in [0.4, 0.5) is 5.69 Å². The van der Waals surface area contributed by atoms with E-state index in [1.807, 2.05) is 0 Å². The molecule has 1 aliphatic carbocycles. The van der Waals surface area contributed by atoms with E-state index in [4.69, 9.17) is 11.6 Å². The van der Waals surface area contributed by atoms with E-state index in [2.05, 4.69) is 5.32 Å². The van der Waals surface area contributed by atoms with E-state index in [1.54, 1.807) is 42.5 Å². The molecule has 0 aromatic heterocycles. The Morgan fingerprint density at radius 3 is 2.38 bits per heavy atom. The molecule has 1 N–H and O–H groups in total. The Morgan fingerprint density at radius 1 is 1.04 bits per heavy atom. The van der Waals surface area contributed by atoms with Gasteiger partial charge in [0, 0.05) is 16.3 Å². The maximum Gasteiger partial charge on any atom is 0.255 e. The van der Waals surface area contributed by atoms with Gasteiger partial charge in [0.15, 0.2) is 9.84 Å². The molecule has 0 atom stereocenters. The highest BCUT2D eigenvalue weighted by atomic mass is 35.5. The van der Waals surface area contributed by atoms with Gasteiger partial charge in [0.2, 0.25) is 0 Å². The topological polar surface area (TPSA) is 63.2 Å². The van der Waals surface area contributed by atoms with Gasteiger partial charge in [-0.3, -0.25) is 4.79 Å². The molecule has 0 radical (unpaired) electrons. The van der Waals surface area contributed by atoms with Crippen molar-refractivity contribution < 1.29 is 13.2 Å². The van der Waals surface area contributed by atoms with Crippen molar-refractivity contribution in [2.75, 3.05) is 5.32 Å². The first-order valence-electron chi connectivity index (χ1n) is 7.88. The van der Waals surface area contributed by atoms with Crippen LogP contribution in [-0.2, 0) is 9.84 Å². The van der Waals surface area contributed by atoms with E-state index in [9.17, 15) is 13.2 Å². The minimum atomic E-state index is -3.34. The van der Waals surface area contributed by atoms with Crippen molar-refractivity contribution >= 4 is 33.0 Å². The Labute approximate surface area is 146 Å². The van der Waals surface area contributed by atoms with Crippen molar-refractivity contribution in [2.45, 2.75) is 35.8 Å². The van der Waals surface area contributed by atoms with E-state index in [0.717, 1.165) is 12.8 Å². The number of rotatable bonds is 4. The number of hydrogen-bond acceptors (Lipinski definition) is 3. The third-order valence-electron chi connectivity index (χ3n) is 4.27. The van der Waals surface area contributed by atoms with Crippen molar-refractivity contribution in [3.8, 4) is 0 Å². The van der Waals surface area contributed by atoms with Crippen LogP contribution in [0.1, 0.15) is 36.0 Å². The Kier molecular flexibility index (Phi) is 4.92. The lowest BCUT2D eigenvalue weighted by molar-refractivity contribution is 0.102. The largest absolute Gasteiger partial charge is 0.322 e. The minimum Gasteiger partial charge on any atom is -0.322 e. The van der Waals surface area contributed by atoms with Gasteiger partial charge in [-0.2, -0.15) is 0 Å². The second-order valence-electron chi connectivity index (χ2n) is 5.94. The van der Waals surface area contributed by atoms with Crippen molar-refractivity contribution in [1.82, 2.24) is 0 Å². The molecule has 0 unspecified atom stereocenters. The molecule has 0 aliphatic heterocycles. The molecular formula is C18H18ClNO3S. The highest BCUT2D eigenvalue weighted by Crippen LogP contribution is 2.30. The van der Waals surface area contributed by atoms with Gasteiger partial charge in [0.05, 0.1) is 10.1 Å². The summed E-state index contributed by atoms with van der Waals surface area (Å²) in [5.41, 5.74) is 0.928. The number of carbonyl (C=O) groups is 1. The maximum absolute atomic E-state index is 12.7. The fourth-order valence-electron chi connectivity index (χ4n) is 2.95. The molecule has 1 aliphatic rings. The average molecular weight is 364 g/mol. The third kappa shape index (κ3) is 3.62. The number of carbonyl (C=O) groups excluding carboxylic acids is 1. The van der Waals surface area contributed by atoms with Gasteiger partial charge < -0.3 is 5.32 Å². The molecule has 0 spiro atoms. The molecule has 6 heteroatoms. The molecule has 0 saturated heterocycles. The van der Waals surface area contributed by atoms with Crippen LogP contribution >= 0.6 is 11.6 Å². The molecule has 3 rings (SSSR count). The van der Waals surface area contributed by atoms with E-state index in [0.29, 0.717) is 29.1 Å². The summed E-state index contributed by atoms with van der Waals surface area (Å²) < 4.78 is 25.3. The number of anilines is 1. The van der Waals surface area contributed by atoms with Crippen molar-refractivity contribution in [3.05, 3.63) is 59.1 Å². The highest BCUT2D eigenvalue weighted by Gasteiger charge is 2.30. The van der Waals surface area contributed by atoms with Gasteiger partial charge in [0.1, 0.15) is 0 Å². The number of sulfone groups is 1. The Hall–Kier alpha value is -1.85. The number of nitrogens with one attached hydrogen (secondary N) is 1. The van der Waals surface area contributed by atoms with Crippen LogP contribution in [0.5, 0.6) is 0 Å². The lowest BCUT2D eigenvalue weighted by atomic mass is 10.2. The second-order valence-corrected chi connectivity index (χ2v) is 8.60. The van der Waals surface area contributed by atoms with E-state index in [1.165, 1.54) is 6.07 Å². The van der Waals surface area contributed by atoms with Crippen LogP contribution in [0, 0.1) is 0 Å². The number of hydrogen-bond donors (Lipinski definition) is 1. The van der Waals surface area contributed by atoms with Gasteiger partial charge in [0.25, 0.3) is 5.91 Å². The third-order valence-corrected chi connectivity index (χ3v) is 6.78. The molecule has 2 aromatic carbocycles. The zero-order valence-electron chi connectivity index (χ0n) is 13.0. The summed E-state index contributed by atoms with van der Waals surface area (Å²) in [6, 6.07) is 13.0. The molecule has 2 aromatic rings. The Balaban J connectivity index is 1.80. The number of benzene rings is 2. The molecular weight excluding hydrogens is 346 g/mol. The summed E-state index contributed by atoms with van der Waals surface area (Å²) in [4.78, 5) is 12.5. The van der Waals surface area contributed by atoms with Gasteiger partial charge in [-0.05, 0) is 55.3 Å². The predicted octanol–water partition coefficient (Wildman–Crippen LogP) is 4.31. The quantitative estimate of drug-likeness (QED) is 0.880. The van der Waals surface area contributed by atoms with Crippen molar-refractivity contribution in [3.63, 3.8) is 0 Å². The van der Waals surface area contributed by atoms with Crippen LogP contribution in [-0.4, -0.2) is 19.6 Å². The zero-order valence-corrected chi connectivity index (χ0v) is 14.6. The van der Waals surface area contributed by atoms with E-state index >= 15 is 0 Å². The number of halogens is 1. The first-order chi connectivity index (χ1) is 11.5. The lowest BCUT2D eigenvalue weighted by Gasteiger charge is -2.12. The molecule has 1 fully saturated rings. The van der Waals surface area contributed by atoms with Gasteiger partial charge in [-0.25, -0.2) is 8.42 Å². The second kappa shape index (κ2) is 6.95. The molecule has 24 heavy (non-hydrogen) atoms. The molecule has 4 nitrogen and oxygen atoms in total. The first-order valence-corrected chi connectivity index (χ1v) is 9.80. The van der Waals surface area contributed by atoms with Crippen LogP contribution in [0.2, 0.25) is 5.02 Å². The summed E-state index contributed by atoms with van der Waals surface area (Å²) in [5.74, 6) is -0.304. The van der Waals surface area contributed by atoms with Gasteiger partial charge >= 0.3 is 0 Å². The van der Waals surface area contributed by atoms with Gasteiger partial charge in [-0.15, -0.1) is 0 Å². The summed E-state index contributed by atoms with van der Waals surface area (Å²) in [6.45, 7) is 0. The smallest absolute Gasteiger partial charge is 0.255 e. The van der Waals surface area contributed by atoms with Crippen LogP contribution in [0.3, 0.4) is 0 Å². The van der Waals surface area contributed by atoms with Crippen molar-refractivity contribution in [1.29, 1.82) is 0 Å². The summed E-state index contributed by atoms with van der Waals surface area (Å²) in [6.07, 6.45) is 3.33. The summed E-state index contributed by atoms with van der Waals surface area (Å²) in [7, 11) is -3.34. The Morgan fingerprint density at radius 2 is 1.71 bits per heavy atom. The molecule has 0 bridgehead atoms. The van der Waals surface area contributed by atoms with Gasteiger partial charge in [-0.1, -0.05) is 30.5 Å². The fourth-order valence-corrected chi connectivity index (χ4v) is 4.97. The SMILES string of the molecule is O=C(Nc1cccc(S(=O)(=O)C2CCCC2)c1)c1ccc(Cl)cc1. The molecule has 1 saturated carbocycles. The maximum atomic E-state index is 12.7. The fraction of sp³-hybridized carbons (Fsp3) is 0.278. The first kappa shape index (κ1) is 17.0. The van der Waals surface area contributed by atoms with Crippen LogP contribution < -0.4 is 5.32 Å². The van der Waals surface area contributed by atoms with Crippen LogP contribution in [0.25, 0.3) is 0 Å². The highest BCUT2D eigenvalue weighted by molar-refractivity contribution is 7.92. The number of amides is 1. The van der Waals surface area contributed by atoms with Crippen LogP contribution in [0.15, 0.2) is 53.4 Å². The standard InChI is InChI=1S/C18H18ClNO3S/c19-14-10-8-13(9-11-14)18(21)20-15-4-3-7-17(12-15)24(22,23)16-5-1-2-6-16/h3-4,7-12,16H,1-2,5-6H2,(H,20,21). The molecule has 0 heterocycles. The predicted molar refractivity (Wildman–Crippen MR) is 95.3 cm³/mol. The van der Waals surface area contributed by atoms with E-state index < -0.39 is 9.84 Å². The average Bonchev–Trinajstić information content (AvgIpc) is 3.11. The summed E-state index contributed by atoms with van der Waals surface area (Å²) >= 11 is 5.81. The lowest BCUT2D eigenvalue weighted by Crippen LogP contribution is -2.18. The normalized spacial score (nSPS) is 15.4. The summed E-state index contributed by atoms with van der Waals surface area (Å²) in [5, 5.41) is 2.98. The van der Waals surface area contributed by atoms with E-state index in [-0.39, 0.29) is 16.1 Å². The molecule has 1 amide bonds.